The van der Waals surface area contributed by atoms with Gasteiger partial charge in [-0.15, -0.1) is 0 Å². The number of aromatic nitrogens is 2. The lowest BCUT2D eigenvalue weighted by Crippen LogP contribution is -2.50. The lowest BCUT2D eigenvalue weighted by atomic mass is 10.0. The summed E-state index contributed by atoms with van der Waals surface area (Å²) < 4.78 is 59.2. The Morgan fingerprint density at radius 2 is 1.68 bits per heavy atom. The van der Waals surface area contributed by atoms with E-state index in [0.29, 0.717) is 17.3 Å². The molecular weight excluding hydrogens is 543 g/mol. The molecule has 4 aromatic rings. The number of halogens is 3. The molecule has 40 heavy (non-hydrogen) atoms. The first-order valence-electron chi connectivity index (χ1n) is 12.4. The highest BCUT2D eigenvalue weighted by Crippen LogP contribution is 2.36. The van der Waals surface area contributed by atoms with Crippen molar-refractivity contribution in [2.24, 2.45) is 0 Å². The minimum absolute atomic E-state index is 0.0274. The molecule has 2 aromatic heterocycles. The number of para-hydroxylation sites is 1. The second-order valence-corrected chi connectivity index (χ2v) is 10.5. The first kappa shape index (κ1) is 27.4. The van der Waals surface area contributed by atoms with E-state index in [2.05, 4.69) is 14.7 Å². The quantitative estimate of drug-likeness (QED) is 0.342. The number of nitrogens with one attached hydrogen (secondary N) is 1. The van der Waals surface area contributed by atoms with Crippen LogP contribution in [0.5, 0.6) is 0 Å². The Bertz CT molecular complexity index is 1570. The number of fused-ring (bicyclic) bond motifs is 1. The molecule has 0 saturated carbocycles. The monoisotopic (exact) mass is 567 g/mol. The van der Waals surface area contributed by atoms with Gasteiger partial charge in [-0.05, 0) is 36.4 Å². The molecule has 5 rings (SSSR count). The molecule has 3 heterocycles. The van der Waals surface area contributed by atoms with Gasteiger partial charge in [-0.3, -0.25) is 19.6 Å². The highest BCUT2D eigenvalue weighted by atomic mass is 32.2. The maximum atomic E-state index is 14.7. The molecule has 8 nitrogen and oxygen atoms in total. The number of amides is 2. The Hall–Kier alpha value is -4.16. The van der Waals surface area contributed by atoms with Gasteiger partial charge in [0, 0.05) is 62.0 Å². The number of alkyl halides is 2. The van der Waals surface area contributed by atoms with Crippen LogP contribution >= 0.6 is 0 Å². The average Bonchev–Trinajstić information content (AvgIpc) is 2.96. The summed E-state index contributed by atoms with van der Waals surface area (Å²) in [6.45, 7) is 1.30. The Morgan fingerprint density at radius 3 is 2.38 bits per heavy atom. The summed E-state index contributed by atoms with van der Waals surface area (Å²) in [5, 5.41) is 0.754. The van der Waals surface area contributed by atoms with Crippen molar-refractivity contribution >= 4 is 39.8 Å². The van der Waals surface area contributed by atoms with Gasteiger partial charge in [-0.2, -0.15) is 0 Å². The van der Waals surface area contributed by atoms with E-state index in [-0.39, 0.29) is 43.0 Å². The van der Waals surface area contributed by atoms with Gasteiger partial charge in [-0.25, -0.2) is 17.9 Å². The molecule has 0 spiro atoms. The van der Waals surface area contributed by atoms with E-state index >= 15 is 0 Å². The number of hydrogen-bond donors (Lipinski definition) is 1. The fourth-order valence-corrected chi connectivity index (χ4v) is 5.56. The fourth-order valence-electron chi connectivity index (χ4n) is 4.52. The van der Waals surface area contributed by atoms with Gasteiger partial charge in [0.2, 0.25) is 4.90 Å². The number of nitrogens with zero attached hydrogens (tertiary/aromatic N) is 4. The fraction of sp³-hybridized carbons (Fsp3) is 0.214. The molecule has 1 atom stereocenters. The second kappa shape index (κ2) is 11.1. The molecule has 0 aliphatic carbocycles. The van der Waals surface area contributed by atoms with Crippen molar-refractivity contribution in [3.05, 3.63) is 95.7 Å². The third-order valence-corrected chi connectivity index (χ3v) is 7.73. The third kappa shape index (κ3) is 5.58. The van der Waals surface area contributed by atoms with Gasteiger partial charge in [0.15, 0.2) is 5.82 Å². The normalized spacial score (nSPS) is 14.7. The number of anilines is 1. The summed E-state index contributed by atoms with van der Waals surface area (Å²) in [7, 11) is 0. The minimum Gasteiger partial charge on any atom is -0.588 e. The summed E-state index contributed by atoms with van der Waals surface area (Å²) in [6.07, 6.45) is 3.84. The van der Waals surface area contributed by atoms with E-state index in [1.165, 1.54) is 34.2 Å². The van der Waals surface area contributed by atoms with Gasteiger partial charge in [-0.1, -0.05) is 18.2 Å². The lowest BCUT2D eigenvalue weighted by Gasteiger charge is -2.35. The number of rotatable bonds is 6. The van der Waals surface area contributed by atoms with E-state index < -0.39 is 40.5 Å². The third-order valence-electron chi connectivity index (χ3n) is 6.59. The molecule has 1 N–H and O–H groups in total. The number of piperazine rings is 1. The molecule has 206 valence electrons. The van der Waals surface area contributed by atoms with E-state index in [1.807, 2.05) is 12.1 Å². The maximum absolute atomic E-state index is 14.7. The molecule has 1 aliphatic heterocycles. The van der Waals surface area contributed by atoms with Gasteiger partial charge in [0.25, 0.3) is 17.7 Å². The van der Waals surface area contributed by atoms with Crippen molar-refractivity contribution in [1.82, 2.24) is 19.8 Å². The van der Waals surface area contributed by atoms with E-state index in [4.69, 9.17) is 0 Å². The second-order valence-electron chi connectivity index (χ2n) is 9.29. The van der Waals surface area contributed by atoms with Crippen molar-refractivity contribution < 1.29 is 27.3 Å². The van der Waals surface area contributed by atoms with Crippen LogP contribution in [0.4, 0.5) is 18.9 Å². The topological polar surface area (TPSA) is 101 Å². The van der Waals surface area contributed by atoms with Crippen LogP contribution in [0.1, 0.15) is 33.2 Å². The number of benzene rings is 2. The minimum atomic E-state index is -3.35. The molecule has 2 aromatic carbocycles. The van der Waals surface area contributed by atoms with Crippen LogP contribution in [0.3, 0.4) is 0 Å². The van der Waals surface area contributed by atoms with Crippen molar-refractivity contribution in [3.63, 3.8) is 0 Å². The largest absolute Gasteiger partial charge is 0.588 e. The predicted molar refractivity (Wildman–Crippen MR) is 144 cm³/mol. The van der Waals surface area contributed by atoms with Crippen LogP contribution in [0.15, 0.2) is 78.1 Å². The zero-order valence-corrected chi connectivity index (χ0v) is 22.1. The summed E-state index contributed by atoms with van der Waals surface area (Å²) in [6, 6.07) is 13.8. The van der Waals surface area contributed by atoms with Crippen LogP contribution < -0.4 is 4.72 Å². The number of pyridine rings is 2. The van der Waals surface area contributed by atoms with Crippen molar-refractivity contribution in [2.75, 3.05) is 30.9 Å². The first-order chi connectivity index (χ1) is 19.1. The molecular formula is C28H24F3N5O3S. The Kier molecular flexibility index (Phi) is 7.63. The summed E-state index contributed by atoms with van der Waals surface area (Å²) in [5.41, 5.74) is -0.160. The van der Waals surface area contributed by atoms with E-state index in [9.17, 15) is 27.3 Å². The van der Waals surface area contributed by atoms with Crippen LogP contribution in [0.2, 0.25) is 0 Å². The van der Waals surface area contributed by atoms with Crippen LogP contribution in [0.25, 0.3) is 10.9 Å². The smallest absolute Gasteiger partial charge is 0.272 e. The zero-order chi connectivity index (χ0) is 28.4. The van der Waals surface area contributed by atoms with Gasteiger partial charge in [0.1, 0.15) is 16.9 Å². The summed E-state index contributed by atoms with van der Waals surface area (Å²) in [5.74, 6) is -5.08. The predicted octanol–water partition coefficient (Wildman–Crippen LogP) is 4.61. The molecule has 0 radical (unpaired) electrons. The van der Waals surface area contributed by atoms with Gasteiger partial charge in [0.05, 0.1) is 17.4 Å². The molecule has 1 aliphatic rings. The highest BCUT2D eigenvalue weighted by Gasteiger charge is 2.33. The molecule has 1 saturated heterocycles. The maximum Gasteiger partial charge on any atom is 0.272 e. The standard InChI is InChI=1S/C28H24F3N5O3S/c1-28(30,31)21-16-19(7-8-23(21)34-40(39)24-6-2-4-18-5-3-10-33-25(18)24)26(37)35-12-14-36(15-13-35)27(38)20-9-11-32-17-22(20)29/h2-11,16-17,34H,12-15H2,1H3. The van der Waals surface area contributed by atoms with Gasteiger partial charge < -0.3 is 14.4 Å². The van der Waals surface area contributed by atoms with E-state index in [1.54, 1.807) is 24.4 Å². The molecule has 1 unspecified atom stereocenters. The number of carbonyl (C=O) groups is 2. The van der Waals surface area contributed by atoms with Gasteiger partial charge >= 0.3 is 0 Å². The first-order valence-corrected chi connectivity index (χ1v) is 13.5. The summed E-state index contributed by atoms with van der Waals surface area (Å²) in [4.78, 5) is 37.0. The number of hydrogen-bond acceptors (Lipinski definition) is 6. The molecule has 2 amide bonds. The molecule has 12 heteroatoms. The van der Waals surface area contributed by atoms with E-state index in [0.717, 1.165) is 17.6 Å². The van der Waals surface area contributed by atoms with Crippen LogP contribution in [-0.4, -0.2) is 62.3 Å². The van der Waals surface area contributed by atoms with Crippen molar-refractivity contribution in [3.8, 4) is 0 Å². The average molecular weight is 568 g/mol. The zero-order valence-electron chi connectivity index (χ0n) is 21.3. The van der Waals surface area contributed by atoms with Crippen molar-refractivity contribution in [2.45, 2.75) is 17.7 Å². The molecule has 1 fully saturated rings. The molecule has 0 bridgehead atoms. The van der Waals surface area contributed by atoms with Crippen LogP contribution in [0, 0.1) is 5.82 Å². The van der Waals surface area contributed by atoms with Crippen molar-refractivity contribution in [1.29, 1.82) is 0 Å². The Balaban J connectivity index is 1.32. The lowest BCUT2D eigenvalue weighted by molar-refractivity contribution is 0.0182. The van der Waals surface area contributed by atoms with Crippen LogP contribution in [-0.2, 0) is 17.3 Å². The SMILES string of the molecule is CC(F)(F)c1cc(C(=O)N2CCN(C(=O)c3ccncc3F)CC2)ccc1N[S+]([O-])c1cccc2cccnc12. The Labute approximate surface area is 231 Å². The highest BCUT2D eigenvalue weighted by molar-refractivity contribution is 7.93. The summed E-state index contributed by atoms with van der Waals surface area (Å²) >= 11 is -1.91. The number of carbonyl (C=O) groups excluding carboxylic acids is 2. The Morgan fingerprint density at radius 1 is 0.975 bits per heavy atom.